The van der Waals surface area contributed by atoms with Crippen molar-refractivity contribution in [1.29, 1.82) is 0 Å². The molecule has 0 unspecified atom stereocenters. The molecule has 0 radical (unpaired) electrons. The number of nitrogens with zero attached hydrogens (tertiary/aromatic N) is 3. The van der Waals surface area contributed by atoms with Gasteiger partial charge in [-0.15, -0.1) is 0 Å². The molecule has 1 aliphatic rings. The van der Waals surface area contributed by atoms with Crippen LogP contribution in [0.3, 0.4) is 0 Å². The number of piperidine rings is 1. The van der Waals surface area contributed by atoms with E-state index < -0.39 is 0 Å². The number of anilines is 1. The molecule has 1 saturated heterocycles. The number of benzene rings is 1. The first-order chi connectivity index (χ1) is 13.8. The van der Waals surface area contributed by atoms with E-state index in [4.69, 9.17) is 0 Å². The summed E-state index contributed by atoms with van der Waals surface area (Å²) in [5.74, 6) is -0.114. The molecule has 3 heterocycles. The van der Waals surface area contributed by atoms with Crippen LogP contribution in [0.5, 0.6) is 0 Å². The number of carbonyl (C=O) groups excluding carboxylic acids is 1. The highest BCUT2D eigenvalue weighted by atomic mass is 16.1. The summed E-state index contributed by atoms with van der Waals surface area (Å²) in [7, 11) is 0. The Labute approximate surface area is 165 Å². The van der Waals surface area contributed by atoms with Gasteiger partial charge in [0.15, 0.2) is 0 Å². The molecule has 5 nitrogen and oxygen atoms in total. The third-order valence-electron chi connectivity index (χ3n) is 5.18. The SMILES string of the molecule is O=C(Nc1cccnc1)c1cccc(CN2CCCC[C@H]2c2cccnc2)c1. The minimum absolute atomic E-state index is 0.114. The predicted molar refractivity (Wildman–Crippen MR) is 110 cm³/mol. The number of likely N-dealkylation sites (tertiary alicyclic amines) is 1. The van der Waals surface area contributed by atoms with E-state index in [9.17, 15) is 4.79 Å². The van der Waals surface area contributed by atoms with Crippen molar-refractivity contribution in [2.75, 3.05) is 11.9 Å². The molecule has 1 N–H and O–H groups in total. The monoisotopic (exact) mass is 372 g/mol. The normalized spacial score (nSPS) is 17.2. The largest absolute Gasteiger partial charge is 0.321 e. The van der Waals surface area contributed by atoms with Crippen LogP contribution in [0.15, 0.2) is 73.3 Å². The van der Waals surface area contributed by atoms with E-state index in [0.717, 1.165) is 25.1 Å². The Balaban J connectivity index is 1.48. The molecule has 5 heteroatoms. The van der Waals surface area contributed by atoms with E-state index in [0.29, 0.717) is 17.3 Å². The van der Waals surface area contributed by atoms with Crippen LogP contribution >= 0.6 is 0 Å². The van der Waals surface area contributed by atoms with Gasteiger partial charge in [-0.1, -0.05) is 24.6 Å². The molecule has 0 bridgehead atoms. The van der Waals surface area contributed by atoms with Gasteiger partial charge in [-0.25, -0.2) is 0 Å². The van der Waals surface area contributed by atoms with Gasteiger partial charge in [-0.05, 0) is 60.8 Å². The summed E-state index contributed by atoms with van der Waals surface area (Å²) >= 11 is 0. The van der Waals surface area contributed by atoms with Crippen LogP contribution in [0.25, 0.3) is 0 Å². The van der Waals surface area contributed by atoms with E-state index in [2.05, 4.69) is 32.3 Å². The van der Waals surface area contributed by atoms with Crippen molar-refractivity contribution in [3.8, 4) is 0 Å². The van der Waals surface area contributed by atoms with E-state index in [1.165, 1.54) is 18.4 Å². The summed E-state index contributed by atoms with van der Waals surface area (Å²) in [6.45, 7) is 1.89. The maximum absolute atomic E-state index is 12.6. The number of carbonyl (C=O) groups is 1. The van der Waals surface area contributed by atoms with Gasteiger partial charge in [0.2, 0.25) is 0 Å². The lowest BCUT2D eigenvalue weighted by atomic mass is 9.95. The van der Waals surface area contributed by atoms with Crippen LogP contribution < -0.4 is 5.32 Å². The average Bonchev–Trinajstić information content (AvgIpc) is 2.76. The zero-order valence-corrected chi connectivity index (χ0v) is 15.8. The Kier molecular flexibility index (Phi) is 5.73. The molecule has 0 spiro atoms. The van der Waals surface area contributed by atoms with Gasteiger partial charge in [-0.2, -0.15) is 0 Å². The van der Waals surface area contributed by atoms with Gasteiger partial charge < -0.3 is 5.32 Å². The van der Waals surface area contributed by atoms with Crippen LogP contribution in [0.4, 0.5) is 5.69 Å². The molecular weight excluding hydrogens is 348 g/mol. The number of nitrogens with one attached hydrogen (secondary N) is 1. The Morgan fingerprint density at radius 3 is 2.68 bits per heavy atom. The van der Waals surface area contributed by atoms with E-state index >= 15 is 0 Å². The standard InChI is InChI=1S/C23H24N4O/c28-23(26-21-9-5-12-25-16-21)19-7-3-6-18(14-19)17-27-13-2-1-10-22(27)20-8-4-11-24-15-20/h3-9,11-12,14-16,22H,1-2,10,13,17H2,(H,26,28)/t22-/m0/s1. The fraction of sp³-hybridized carbons (Fsp3) is 0.261. The Hall–Kier alpha value is -3.05. The number of rotatable bonds is 5. The Bertz CT molecular complexity index is 914. The first kappa shape index (κ1) is 18.3. The second-order valence-corrected chi connectivity index (χ2v) is 7.16. The molecule has 0 aliphatic carbocycles. The zero-order chi connectivity index (χ0) is 19.2. The Morgan fingerprint density at radius 2 is 1.89 bits per heavy atom. The van der Waals surface area contributed by atoms with E-state index in [1.54, 1.807) is 18.5 Å². The minimum atomic E-state index is -0.114. The van der Waals surface area contributed by atoms with E-state index in [1.807, 2.05) is 42.7 Å². The smallest absolute Gasteiger partial charge is 0.255 e. The molecule has 1 fully saturated rings. The van der Waals surface area contributed by atoms with Gasteiger partial charge >= 0.3 is 0 Å². The van der Waals surface area contributed by atoms with Crippen molar-refractivity contribution in [2.24, 2.45) is 0 Å². The highest BCUT2D eigenvalue weighted by Gasteiger charge is 2.24. The molecule has 142 valence electrons. The summed E-state index contributed by atoms with van der Waals surface area (Å²) in [6.07, 6.45) is 10.7. The summed E-state index contributed by atoms with van der Waals surface area (Å²) in [6, 6.07) is 16.1. The van der Waals surface area contributed by atoms with Crippen LogP contribution in [0.2, 0.25) is 0 Å². The predicted octanol–water partition coefficient (Wildman–Crippen LogP) is 4.46. The highest BCUT2D eigenvalue weighted by Crippen LogP contribution is 2.31. The molecule has 1 atom stereocenters. The lowest BCUT2D eigenvalue weighted by Gasteiger charge is -2.36. The van der Waals surface area contributed by atoms with Gasteiger partial charge in [0.25, 0.3) is 5.91 Å². The van der Waals surface area contributed by atoms with Gasteiger partial charge in [-0.3, -0.25) is 19.7 Å². The molecule has 0 saturated carbocycles. The van der Waals surface area contributed by atoms with Crippen molar-refractivity contribution in [2.45, 2.75) is 31.8 Å². The topological polar surface area (TPSA) is 58.1 Å². The second kappa shape index (κ2) is 8.76. The van der Waals surface area contributed by atoms with Crippen LogP contribution in [-0.4, -0.2) is 27.3 Å². The molecule has 2 aromatic heterocycles. The van der Waals surface area contributed by atoms with Crippen LogP contribution in [0.1, 0.15) is 46.8 Å². The summed E-state index contributed by atoms with van der Waals surface area (Å²) in [5.41, 5.74) is 3.78. The number of pyridine rings is 2. The zero-order valence-electron chi connectivity index (χ0n) is 15.8. The lowest BCUT2D eigenvalue weighted by molar-refractivity contribution is 0.102. The van der Waals surface area contributed by atoms with Crippen molar-refractivity contribution in [3.05, 3.63) is 90.0 Å². The molecule has 1 aliphatic heterocycles. The number of amides is 1. The van der Waals surface area contributed by atoms with Crippen LogP contribution in [-0.2, 0) is 6.54 Å². The summed E-state index contributed by atoms with van der Waals surface area (Å²) < 4.78 is 0. The molecule has 1 amide bonds. The van der Waals surface area contributed by atoms with Crippen LogP contribution in [0, 0.1) is 0 Å². The maximum atomic E-state index is 12.6. The third kappa shape index (κ3) is 4.43. The lowest BCUT2D eigenvalue weighted by Crippen LogP contribution is -2.33. The van der Waals surface area contributed by atoms with Crippen molar-refractivity contribution in [3.63, 3.8) is 0 Å². The second-order valence-electron chi connectivity index (χ2n) is 7.16. The quantitative estimate of drug-likeness (QED) is 0.719. The van der Waals surface area contributed by atoms with Crippen molar-refractivity contribution in [1.82, 2.24) is 14.9 Å². The van der Waals surface area contributed by atoms with Gasteiger partial charge in [0.05, 0.1) is 11.9 Å². The number of aromatic nitrogens is 2. The Morgan fingerprint density at radius 1 is 1.04 bits per heavy atom. The summed E-state index contributed by atoms with van der Waals surface area (Å²) in [5, 5.41) is 2.90. The fourth-order valence-electron chi connectivity index (χ4n) is 3.82. The molecular formula is C23H24N4O. The fourth-order valence-corrected chi connectivity index (χ4v) is 3.82. The first-order valence-corrected chi connectivity index (χ1v) is 9.74. The molecule has 28 heavy (non-hydrogen) atoms. The molecule has 3 aromatic rings. The molecule has 1 aromatic carbocycles. The maximum Gasteiger partial charge on any atom is 0.255 e. The first-order valence-electron chi connectivity index (χ1n) is 9.74. The van der Waals surface area contributed by atoms with E-state index in [-0.39, 0.29) is 5.91 Å². The van der Waals surface area contributed by atoms with Gasteiger partial charge in [0, 0.05) is 36.7 Å². The summed E-state index contributed by atoms with van der Waals surface area (Å²) in [4.78, 5) is 23.4. The molecule has 4 rings (SSSR count). The average molecular weight is 372 g/mol. The number of hydrogen-bond donors (Lipinski definition) is 1. The highest BCUT2D eigenvalue weighted by molar-refractivity contribution is 6.04. The number of hydrogen-bond acceptors (Lipinski definition) is 4. The van der Waals surface area contributed by atoms with Crippen molar-refractivity contribution >= 4 is 11.6 Å². The van der Waals surface area contributed by atoms with Crippen molar-refractivity contribution < 1.29 is 4.79 Å². The minimum Gasteiger partial charge on any atom is -0.321 e. The van der Waals surface area contributed by atoms with Gasteiger partial charge in [0.1, 0.15) is 0 Å². The third-order valence-corrected chi connectivity index (χ3v) is 5.18.